The molecular weight excluding hydrogens is 210 g/mol. The number of pyridine rings is 1. The fraction of sp³-hybridized carbons (Fsp3) is 0.500. The molecule has 0 unspecified atom stereocenters. The van der Waals surface area contributed by atoms with Crippen molar-refractivity contribution >= 4 is 5.82 Å². The molecule has 0 spiro atoms. The van der Waals surface area contributed by atoms with Gasteiger partial charge in [-0.25, -0.2) is 4.98 Å². The fourth-order valence-corrected chi connectivity index (χ4v) is 1.65. The molecule has 0 saturated carbocycles. The Bertz CT molecular complexity index is 368. The van der Waals surface area contributed by atoms with E-state index in [1.807, 2.05) is 18.2 Å². The van der Waals surface area contributed by atoms with Gasteiger partial charge >= 0.3 is 0 Å². The van der Waals surface area contributed by atoms with Crippen LogP contribution in [-0.4, -0.2) is 24.6 Å². The third-order valence-electron chi connectivity index (χ3n) is 2.45. The van der Waals surface area contributed by atoms with E-state index < -0.39 is 0 Å². The highest BCUT2D eigenvalue weighted by atomic mass is 15.2. The molecule has 0 radical (unpaired) electrons. The summed E-state index contributed by atoms with van der Waals surface area (Å²) >= 11 is 0. The van der Waals surface area contributed by atoms with Gasteiger partial charge in [0.2, 0.25) is 0 Å². The van der Waals surface area contributed by atoms with Crippen LogP contribution in [0.15, 0.2) is 18.2 Å². The minimum atomic E-state index is 0.617. The largest absolute Gasteiger partial charge is 0.345 e. The zero-order chi connectivity index (χ0) is 12.5. The summed E-state index contributed by atoms with van der Waals surface area (Å²) in [7, 11) is 0. The zero-order valence-corrected chi connectivity index (χ0v) is 10.7. The van der Waals surface area contributed by atoms with E-state index >= 15 is 0 Å². The van der Waals surface area contributed by atoms with Crippen molar-refractivity contribution in [1.29, 1.82) is 0 Å². The van der Waals surface area contributed by atoms with Gasteiger partial charge < -0.3 is 10.2 Å². The van der Waals surface area contributed by atoms with Crippen LogP contribution < -0.4 is 10.2 Å². The van der Waals surface area contributed by atoms with Gasteiger partial charge in [-0.2, -0.15) is 0 Å². The first-order valence-corrected chi connectivity index (χ1v) is 6.16. The minimum absolute atomic E-state index is 0.617. The summed E-state index contributed by atoms with van der Waals surface area (Å²) in [6, 6.07) is 6.09. The highest BCUT2D eigenvalue weighted by molar-refractivity contribution is 5.40. The third kappa shape index (κ3) is 4.46. The molecule has 0 aliphatic rings. The summed E-state index contributed by atoms with van der Waals surface area (Å²) < 4.78 is 0. The first kappa shape index (κ1) is 13.5. The Hall–Kier alpha value is -1.53. The number of hydrogen-bond acceptors (Lipinski definition) is 3. The highest BCUT2D eigenvalue weighted by Crippen LogP contribution is 2.11. The molecule has 1 N–H and O–H groups in total. The van der Waals surface area contributed by atoms with Crippen molar-refractivity contribution in [1.82, 2.24) is 10.3 Å². The van der Waals surface area contributed by atoms with Crippen LogP contribution in [0, 0.1) is 12.3 Å². The van der Waals surface area contributed by atoms with Gasteiger partial charge in [0.25, 0.3) is 0 Å². The van der Waals surface area contributed by atoms with Crippen LogP contribution in [-0.2, 0) is 6.54 Å². The lowest BCUT2D eigenvalue weighted by Gasteiger charge is -2.21. The van der Waals surface area contributed by atoms with Crippen LogP contribution in [0.25, 0.3) is 0 Å². The van der Waals surface area contributed by atoms with E-state index in [2.05, 4.69) is 35.0 Å². The molecule has 1 heterocycles. The molecule has 0 aliphatic carbocycles. The number of anilines is 1. The first-order valence-electron chi connectivity index (χ1n) is 6.16. The predicted molar refractivity (Wildman–Crippen MR) is 73.0 cm³/mol. The van der Waals surface area contributed by atoms with Crippen molar-refractivity contribution in [3.05, 3.63) is 23.9 Å². The van der Waals surface area contributed by atoms with Crippen molar-refractivity contribution in [2.45, 2.75) is 26.8 Å². The van der Waals surface area contributed by atoms with Gasteiger partial charge in [0.1, 0.15) is 5.82 Å². The van der Waals surface area contributed by atoms with E-state index in [9.17, 15) is 0 Å². The molecule has 92 valence electrons. The molecule has 0 aromatic carbocycles. The quantitative estimate of drug-likeness (QED) is 0.728. The Morgan fingerprint density at radius 1 is 1.41 bits per heavy atom. The molecular formula is C14H21N3. The van der Waals surface area contributed by atoms with Crippen molar-refractivity contribution in [3.63, 3.8) is 0 Å². The van der Waals surface area contributed by atoms with E-state index in [-0.39, 0.29) is 0 Å². The smallest absolute Gasteiger partial charge is 0.129 e. The number of hydrogen-bond donors (Lipinski definition) is 1. The van der Waals surface area contributed by atoms with Crippen molar-refractivity contribution < 1.29 is 0 Å². The molecule has 0 atom stereocenters. The number of nitrogens with zero attached hydrogens (tertiary/aromatic N) is 2. The SMILES string of the molecule is C#CCN(CCC)c1cccc(CNCC)n1. The van der Waals surface area contributed by atoms with Crippen LogP contribution in [0.5, 0.6) is 0 Å². The van der Waals surface area contributed by atoms with Gasteiger partial charge in [-0.3, -0.25) is 0 Å². The van der Waals surface area contributed by atoms with Crippen LogP contribution in [0.1, 0.15) is 26.0 Å². The number of nitrogens with one attached hydrogen (secondary N) is 1. The van der Waals surface area contributed by atoms with Gasteiger partial charge in [0.15, 0.2) is 0 Å². The summed E-state index contributed by atoms with van der Waals surface area (Å²) in [5.74, 6) is 3.66. The lowest BCUT2D eigenvalue weighted by molar-refractivity contribution is 0.706. The Labute approximate surface area is 104 Å². The van der Waals surface area contributed by atoms with E-state index in [0.29, 0.717) is 6.54 Å². The molecule has 0 amide bonds. The van der Waals surface area contributed by atoms with E-state index in [0.717, 1.165) is 37.6 Å². The molecule has 0 fully saturated rings. The maximum Gasteiger partial charge on any atom is 0.129 e. The molecule has 3 heteroatoms. The molecule has 0 aliphatic heterocycles. The summed E-state index contributed by atoms with van der Waals surface area (Å²) in [4.78, 5) is 6.75. The number of aromatic nitrogens is 1. The van der Waals surface area contributed by atoms with Crippen molar-refractivity contribution in [3.8, 4) is 12.3 Å². The van der Waals surface area contributed by atoms with Gasteiger partial charge in [0.05, 0.1) is 12.2 Å². The second-order valence-electron chi connectivity index (χ2n) is 3.89. The van der Waals surface area contributed by atoms with Crippen LogP contribution >= 0.6 is 0 Å². The molecule has 17 heavy (non-hydrogen) atoms. The second-order valence-corrected chi connectivity index (χ2v) is 3.89. The van der Waals surface area contributed by atoms with E-state index in [1.54, 1.807) is 0 Å². The van der Waals surface area contributed by atoms with E-state index in [1.165, 1.54) is 0 Å². The fourth-order valence-electron chi connectivity index (χ4n) is 1.65. The summed E-state index contributed by atoms with van der Waals surface area (Å²) in [5, 5.41) is 3.27. The summed E-state index contributed by atoms with van der Waals surface area (Å²) in [6.07, 6.45) is 6.45. The molecule has 3 nitrogen and oxygen atoms in total. The first-order chi connectivity index (χ1) is 8.31. The average Bonchev–Trinajstić information content (AvgIpc) is 2.36. The second kappa shape index (κ2) is 7.70. The summed E-state index contributed by atoms with van der Waals surface area (Å²) in [5.41, 5.74) is 1.06. The summed E-state index contributed by atoms with van der Waals surface area (Å²) in [6.45, 7) is 7.56. The maximum atomic E-state index is 5.38. The molecule has 1 rings (SSSR count). The van der Waals surface area contributed by atoms with Crippen LogP contribution in [0.3, 0.4) is 0 Å². The third-order valence-corrected chi connectivity index (χ3v) is 2.45. The Balaban J connectivity index is 2.76. The van der Waals surface area contributed by atoms with Crippen LogP contribution in [0.4, 0.5) is 5.82 Å². The Morgan fingerprint density at radius 2 is 2.24 bits per heavy atom. The average molecular weight is 231 g/mol. The molecule has 1 aromatic heterocycles. The highest BCUT2D eigenvalue weighted by Gasteiger charge is 2.05. The lowest BCUT2D eigenvalue weighted by Crippen LogP contribution is -2.26. The number of rotatable bonds is 7. The Morgan fingerprint density at radius 3 is 2.88 bits per heavy atom. The lowest BCUT2D eigenvalue weighted by atomic mass is 10.3. The van der Waals surface area contributed by atoms with Gasteiger partial charge in [-0.1, -0.05) is 25.8 Å². The van der Waals surface area contributed by atoms with Crippen LogP contribution in [0.2, 0.25) is 0 Å². The Kier molecular flexibility index (Phi) is 6.13. The van der Waals surface area contributed by atoms with Gasteiger partial charge in [-0.15, -0.1) is 6.42 Å². The monoisotopic (exact) mass is 231 g/mol. The zero-order valence-electron chi connectivity index (χ0n) is 10.7. The maximum absolute atomic E-state index is 5.38. The minimum Gasteiger partial charge on any atom is -0.345 e. The van der Waals surface area contributed by atoms with Crippen molar-refractivity contribution in [2.75, 3.05) is 24.5 Å². The van der Waals surface area contributed by atoms with Gasteiger partial charge in [0, 0.05) is 13.1 Å². The molecule has 0 saturated heterocycles. The predicted octanol–water partition coefficient (Wildman–Crippen LogP) is 2.04. The number of terminal acetylenes is 1. The molecule has 1 aromatic rings. The van der Waals surface area contributed by atoms with Crippen molar-refractivity contribution in [2.24, 2.45) is 0 Å². The normalized spacial score (nSPS) is 9.94. The van der Waals surface area contributed by atoms with Gasteiger partial charge in [-0.05, 0) is 25.1 Å². The van der Waals surface area contributed by atoms with E-state index in [4.69, 9.17) is 6.42 Å². The topological polar surface area (TPSA) is 28.2 Å². The standard InChI is InChI=1S/C14H21N3/c1-4-10-17(11-5-2)14-9-7-8-13(16-14)12-15-6-3/h1,7-9,15H,5-6,10-12H2,2-3H3. The molecule has 0 bridgehead atoms.